The molecule has 1 N–H and O–H groups in total. The lowest BCUT2D eigenvalue weighted by Gasteiger charge is -2.21. The Bertz CT molecular complexity index is 1060. The van der Waals surface area contributed by atoms with Crippen molar-refractivity contribution in [1.29, 1.82) is 0 Å². The van der Waals surface area contributed by atoms with Gasteiger partial charge in [0.1, 0.15) is 6.42 Å². The second-order valence-corrected chi connectivity index (χ2v) is 8.11. The maximum atomic E-state index is 13.6. The monoisotopic (exact) mass is 514 g/mol. The Labute approximate surface area is 193 Å². The Morgan fingerprint density at radius 3 is 2.30 bits per heavy atom. The van der Waals surface area contributed by atoms with Crippen molar-refractivity contribution in [3.8, 4) is 0 Å². The molecule has 0 aliphatic carbocycles. The lowest BCUT2D eigenvalue weighted by Crippen LogP contribution is -2.42. The molecule has 33 heavy (non-hydrogen) atoms. The van der Waals surface area contributed by atoms with Crippen LogP contribution in [-0.4, -0.2) is 24.8 Å². The van der Waals surface area contributed by atoms with Gasteiger partial charge in [0, 0.05) is 6.54 Å². The van der Waals surface area contributed by atoms with Gasteiger partial charge in [0.05, 0.1) is 21.7 Å². The topological polar surface area (TPSA) is 32.3 Å². The summed E-state index contributed by atoms with van der Waals surface area (Å²) in [5, 5.41) is 0.188. The number of carbonyl (C=O) groups is 1. The molecule has 2 aromatic carbocycles. The van der Waals surface area contributed by atoms with E-state index in [4.69, 9.17) is 23.2 Å². The Morgan fingerprint density at radius 1 is 1.09 bits per heavy atom. The van der Waals surface area contributed by atoms with Crippen LogP contribution in [0.25, 0.3) is 6.08 Å². The van der Waals surface area contributed by atoms with E-state index in [2.05, 4.69) is 5.43 Å². The number of rotatable bonds is 5. The number of hydrogen-bond donors (Lipinski definition) is 1. The first kappa shape index (κ1) is 25.2. The van der Waals surface area contributed by atoms with Crippen LogP contribution in [0.1, 0.15) is 29.0 Å². The van der Waals surface area contributed by atoms with Crippen LogP contribution in [0.5, 0.6) is 0 Å². The molecule has 1 aliphatic rings. The van der Waals surface area contributed by atoms with E-state index in [-0.39, 0.29) is 12.1 Å². The summed E-state index contributed by atoms with van der Waals surface area (Å²) < 4.78 is 91.5. The summed E-state index contributed by atoms with van der Waals surface area (Å²) in [5.74, 6) is -4.35. The van der Waals surface area contributed by atoms with Crippen LogP contribution >= 0.6 is 23.2 Å². The summed E-state index contributed by atoms with van der Waals surface area (Å²) in [5.41, 5.74) is 3.32. The van der Waals surface area contributed by atoms with Gasteiger partial charge in [-0.25, -0.2) is 4.39 Å². The maximum Gasteiger partial charge on any atom is 0.399 e. The number of amides is 1. The van der Waals surface area contributed by atoms with Gasteiger partial charge in [-0.3, -0.25) is 15.2 Å². The Morgan fingerprint density at radius 2 is 1.73 bits per heavy atom. The van der Waals surface area contributed by atoms with Gasteiger partial charge in [0.25, 0.3) is 0 Å². The molecular weight excluding hydrogens is 500 g/mol. The van der Waals surface area contributed by atoms with Crippen LogP contribution in [0.4, 0.5) is 36.4 Å². The molecule has 1 amide bonds. The molecule has 0 aromatic heterocycles. The summed E-state index contributed by atoms with van der Waals surface area (Å²) >= 11 is 11.3. The Hall–Kier alpha value is -2.46. The molecule has 1 unspecified atom stereocenters. The van der Waals surface area contributed by atoms with Gasteiger partial charge >= 0.3 is 12.4 Å². The van der Waals surface area contributed by atoms with Gasteiger partial charge < -0.3 is 0 Å². The molecule has 0 bridgehead atoms. The van der Waals surface area contributed by atoms with Crippen molar-refractivity contribution in [3.63, 3.8) is 0 Å². The van der Waals surface area contributed by atoms with E-state index in [0.717, 1.165) is 18.2 Å². The van der Waals surface area contributed by atoms with Crippen molar-refractivity contribution in [3.05, 3.63) is 69.0 Å². The van der Waals surface area contributed by atoms with Crippen LogP contribution in [0.15, 0.2) is 36.4 Å². The molecule has 0 radical (unpaired) electrons. The number of halogens is 9. The fourth-order valence-electron chi connectivity index (χ4n) is 3.38. The first-order valence-electron chi connectivity index (χ1n) is 9.40. The molecule has 12 heteroatoms. The number of nitrogens with one attached hydrogen (secondary N) is 1. The second-order valence-electron chi connectivity index (χ2n) is 7.29. The average Bonchev–Trinajstić information content (AvgIpc) is 3.05. The lowest BCUT2D eigenvalue weighted by atomic mass is 9.96. The number of nitrogens with zero attached hydrogens (tertiary/aromatic N) is 1. The molecule has 3 rings (SSSR count). The number of alkyl halides is 6. The van der Waals surface area contributed by atoms with Crippen LogP contribution in [0.3, 0.4) is 0 Å². The van der Waals surface area contributed by atoms with Gasteiger partial charge in [0.2, 0.25) is 5.91 Å². The van der Waals surface area contributed by atoms with Gasteiger partial charge in [-0.2, -0.15) is 26.3 Å². The molecule has 0 saturated heterocycles. The van der Waals surface area contributed by atoms with E-state index in [9.17, 15) is 35.5 Å². The molecule has 178 valence electrons. The fraction of sp³-hybridized carbons (Fsp3) is 0.286. The Balaban J connectivity index is 1.80. The highest BCUT2D eigenvalue weighted by molar-refractivity contribution is 6.35. The number of fused-ring (bicyclic) bond motifs is 1. The third-order valence-corrected chi connectivity index (χ3v) is 5.37. The molecule has 3 nitrogen and oxygen atoms in total. The quantitative estimate of drug-likeness (QED) is 0.350. The maximum absolute atomic E-state index is 13.6. The summed E-state index contributed by atoms with van der Waals surface area (Å²) in [7, 11) is 0. The van der Waals surface area contributed by atoms with Crippen LogP contribution in [0, 0.1) is 5.82 Å². The number of hydrazine groups is 1. The molecule has 0 saturated carbocycles. The highest BCUT2D eigenvalue weighted by Crippen LogP contribution is 2.39. The third-order valence-electron chi connectivity index (χ3n) is 4.82. The Kier molecular flexibility index (Phi) is 7.18. The van der Waals surface area contributed by atoms with Crippen LogP contribution in [-0.2, 0) is 11.2 Å². The van der Waals surface area contributed by atoms with E-state index >= 15 is 0 Å². The summed E-state index contributed by atoms with van der Waals surface area (Å²) in [6.45, 7) is 0.212. The van der Waals surface area contributed by atoms with E-state index in [0.29, 0.717) is 23.2 Å². The van der Waals surface area contributed by atoms with Crippen molar-refractivity contribution < 1.29 is 35.5 Å². The molecule has 0 fully saturated rings. The highest BCUT2D eigenvalue weighted by atomic mass is 35.5. The van der Waals surface area contributed by atoms with Crippen molar-refractivity contribution in [2.75, 3.05) is 11.6 Å². The van der Waals surface area contributed by atoms with E-state index < -0.39 is 46.5 Å². The number of carbonyl (C=O) groups excluding carboxylic acids is 1. The SMILES string of the molecule is O=C(CC(F)(F)F)NN1CCc2cc(/C=C/C(c3cc(Cl)c(F)c(Cl)c3)C(F)(F)F)ccc21. The van der Waals surface area contributed by atoms with Crippen molar-refractivity contribution in [2.45, 2.75) is 31.1 Å². The zero-order chi connectivity index (χ0) is 24.6. The minimum absolute atomic E-state index is 0.212. The van der Waals surface area contributed by atoms with E-state index in [1.54, 1.807) is 6.07 Å². The summed E-state index contributed by atoms with van der Waals surface area (Å²) in [6, 6.07) is 6.23. The van der Waals surface area contributed by atoms with Gasteiger partial charge in [-0.05, 0) is 47.4 Å². The predicted octanol–water partition coefficient (Wildman–Crippen LogP) is 6.84. The van der Waals surface area contributed by atoms with E-state index in [1.807, 2.05) is 0 Å². The first-order valence-corrected chi connectivity index (χ1v) is 10.2. The first-order chi connectivity index (χ1) is 15.2. The molecule has 0 spiro atoms. The molecule has 2 aromatic rings. The second kappa shape index (κ2) is 9.42. The molecular formula is C21H15Cl2F7N2O. The number of benzene rings is 2. The number of anilines is 1. The largest absolute Gasteiger partial charge is 0.399 e. The average molecular weight is 515 g/mol. The standard InChI is InChI=1S/C21H15Cl2F7N2O/c22-15-8-13(9-16(23)19(15)24)14(21(28,29)30)3-1-11-2-4-17-12(7-11)5-6-32(17)31-18(33)10-20(25,26)27/h1-4,7-9,14H,5-6,10H2,(H,31,33)/b3-1+. The fourth-order valence-corrected chi connectivity index (χ4v) is 3.89. The predicted molar refractivity (Wildman–Crippen MR) is 111 cm³/mol. The van der Waals surface area contributed by atoms with Crippen molar-refractivity contribution in [1.82, 2.24) is 5.43 Å². The highest BCUT2D eigenvalue weighted by Gasteiger charge is 2.39. The van der Waals surface area contributed by atoms with Crippen molar-refractivity contribution in [2.24, 2.45) is 0 Å². The zero-order valence-electron chi connectivity index (χ0n) is 16.5. The van der Waals surface area contributed by atoms with E-state index in [1.165, 1.54) is 23.2 Å². The third kappa shape index (κ3) is 6.32. The van der Waals surface area contributed by atoms with Crippen LogP contribution in [0.2, 0.25) is 10.0 Å². The van der Waals surface area contributed by atoms with Crippen LogP contribution < -0.4 is 10.4 Å². The minimum atomic E-state index is -4.71. The molecule has 1 atom stereocenters. The number of allylic oxidation sites excluding steroid dienone is 1. The zero-order valence-corrected chi connectivity index (χ0v) is 18.0. The molecule has 1 heterocycles. The summed E-state index contributed by atoms with van der Waals surface area (Å²) in [4.78, 5) is 11.5. The van der Waals surface area contributed by atoms with Gasteiger partial charge in [0.15, 0.2) is 5.82 Å². The number of hydrogen-bond acceptors (Lipinski definition) is 2. The minimum Gasteiger partial charge on any atom is -0.285 e. The summed E-state index contributed by atoms with van der Waals surface area (Å²) in [6.07, 6.45) is -8.52. The smallest absolute Gasteiger partial charge is 0.285 e. The van der Waals surface area contributed by atoms with Gasteiger partial charge in [-0.15, -0.1) is 0 Å². The lowest BCUT2D eigenvalue weighted by molar-refractivity contribution is -0.153. The normalized spacial score (nSPS) is 15.1. The van der Waals surface area contributed by atoms with Crippen molar-refractivity contribution >= 4 is 40.9 Å². The van der Waals surface area contributed by atoms with Gasteiger partial charge in [-0.1, -0.05) is 41.4 Å². The molecule has 1 aliphatic heterocycles.